The molecule has 3 rings (SSSR count). The van der Waals surface area contributed by atoms with Crippen molar-refractivity contribution < 1.29 is 13.9 Å². The summed E-state index contributed by atoms with van der Waals surface area (Å²) in [6, 6.07) is 9.69. The number of para-hydroxylation sites is 1. The van der Waals surface area contributed by atoms with Gasteiger partial charge in [0.2, 0.25) is 0 Å². The lowest BCUT2D eigenvalue weighted by Crippen LogP contribution is -2.21. The number of benzene rings is 1. The van der Waals surface area contributed by atoms with Gasteiger partial charge in [-0.15, -0.1) is 5.10 Å². The zero-order chi connectivity index (χ0) is 16.1. The van der Waals surface area contributed by atoms with Crippen molar-refractivity contribution in [1.82, 2.24) is 15.5 Å². The summed E-state index contributed by atoms with van der Waals surface area (Å²) in [6.45, 7) is 0.687. The number of hydrogen-bond donors (Lipinski definition) is 2. The molecule has 1 aromatic carbocycles. The quantitative estimate of drug-likeness (QED) is 0.883. The van der Waals surface area contributed by atoms with Crippen molar-refractivity contribution in [1.29, 1.82) is 0 Å². The van der Waals surface area contributed by atoms with Gasteiger partial charge in [0.15, 0.2) is 24.0 Å². The van der Waals surface area contributed by atoms with E-state index in [9.17, 15) is 9.18 Å². The number of carbonyl (C=O) groups is 1. The molecule has 1 aliphatic rings. The van der Waals surface area contributed by atoms with Gasteiger partial charge in [0.05, 0.1) is 11.7 Å². The van der Waals surface area contributed by atoms with Crippen LogP contribution >= 0.6 is 0 Å². The number of amides is 1. The average Bonchev–Trinajstić information content (AvgIpc) is 3.09. The summed E-state index contributed by atoms with van der Waals surface area (Å²) in [6.07, 6.45) is 2.16. The van der Waals surface area contributed by atoms with Gasteiger partial charge >= 0.3 is 0 Å². The molecule has 0 spiro atoms. The first-order valence-electron chi connectivity index (χ1n) is 7.46. The molecule has 1 fully saturated rings. The van der Waals surface area contributed by atoms with E-state index in [2.05, 4.69) is 20.8 Å². The Morgan fingerprint density at radius 3 is 2.87 bits per heavy atom. The number of aromatic nitrogens is 2. The SMILES string of the molecule is O=C(COc1ccccc1F)Nc1ccc(C2CCCN2)nn1. The maximum Gasteiger partial charge on any atom is 0.263 e. The zero-order valence-corrected chi connectivity index (χ0v) is 12.5. The third-order valence-electron chi connectivity index (χ3n) is 3.57. The summed E-state index contributed by atoms with van der Waals surface area (Å²) in [5.41, 5.74) is 0.864. The minimum absolute atomic E-state index is 0.0383. The van der Waals surface area contributed by atoms with Gasteiger partial charge in [0.1, 0.15) is 0 Å². The van der Waals surface area contributed by atoms with Crippen LogP contribution in [-0.2, 0) is 4.79 Å². The van der Waals surface area contributed by atoms with Crippen LogP contribution in [0.2, 0.25) is 0 Å². The first-order chi connectivity index (χ1) is 11.2. The number of nitrogens with zero attached hydrogens (tertiary/aromatic N) is 2. The molecule has 2 N–H and O–H groups in total. The number of nitrogens with one attached hydrogen (secondary N) is 2. The molecule has 2 heterocycles. The van der Waals surface area contributed by atoms with E-state index in [1.54, 1.807) is 18.2 Å². The van der Waals surface area contributed by atoms with Gasteiger partial charge < -0.3 is 15.4 Å². The molecular weight excluding hydrogens is 299 g/mol. The van der Waals surface area contributed by atoms with Crippen LogP contribution in [0.25, 0.3) is 0 Å². The first kappa shape index (κ1) is 15.4. The van der Waals surface area contributed by atoms with Crippen LogP contribution in [0.1, 0.15) is 24.6 Å². The standard InChI is InChI=1S/C16H17FN4O2/c17-11-4-1-2-6-14(11)23-10-16(22)19-15-8-7-13(20-21-15)12-5-3-9-18-12/h1-2,4,6-8,12,18H,3,5,9-10H2,(H,19,21,22). The minimum atomic E-state index is -0.506. The van der Waals surface area contributed by atoms with Gasteiger partial charge in [-0.2, -0.15) is 5.10 Å². The van der Waals surface area contributed by atoms with E-state index in [0.29, 0.717) is 5.82 Å². The molecule has 2 aromatic rings. The summed E-state index contributed by atoms with van der Waals surface area (Å²) >= 11 is 0. The Morgan fingerprint density at radius 2 is 2.17 bits per heavy atom. The van der Waals surface area contributed by atoms with E-state index in [0.717, 1.165) is 25.1 Å². The number of hydrogen-bond acceptors (Lipinski definition) is 5. The fraction of sp³-hybridized carbons (Fsp3) is 0.312. The first-order valence-corrected chi connectivity index (χ1v) is 7.46. The molecule has 0 bridgehead atoms. The van der Waals surface area contributed by atoms with Crippen LogP contribution < -0.4 is 15.4 Å². The summed E-state index contributed by atoms with van der Waals surface area (Å²) < 4.78 is 18.5. The zero-order valence-electron chi connectivity index (χ0n) is 12.5. The van der Waals surface area contributed by atoms with Crippen LogP contribution in [-0.4, -0.2) is 29.3 Å². The molecule has 1 amide bonds. The number of ether oxygens (including phenoxy) is 1. The van der Waals surface area contributed by atoms with Crippen LogP contribution in [0.5, 0.6) is 5.75 Å². The average molecular weight is 316 g/mol. The second-order valence-electron chi connectivity index (χ2n) is 5.26. The number of rotatable bonds is 5. The smallest absolute Gasteiger partial charge is 0.263 e. The van der Waals surface area contributed by atoms with Crippen LogP contribution in [0, 0.1) is 5.82 Å². The van der Waals surface area contributed by atoms with Crippen molar-refractivity contribution in [2.75, 3.05) is 18.5 Å². The van der Waals surface area contributed by atoms with Crippen molar-refractivity contribution >= 4 is 11.7 Å². The fourth-order valence-corrected chi connectivity index (χ4v) is 2.42. The molecule has 7 heteroatoms. The monoisotopic (exact) mass is 316 g/mol. The summed E-state index contributed by atoms with van der Waals surface area (Å²) in [5.74, 6) is -0.548. The lowest BCUT2D eigenvalue weighted by molar-refractivity contribution is -0.118. The highest BCUT2D eigenvalue weighted by atomic mass is 19.1. The van der Waals surface area contributed by atoms with E-state index in [1.165, 1.54) is 12.1 Å². The number of halogens is 1. The van der Waals surface area contributed by atoms with Crippen molar-refractivity contribution in [3.63, 3.8) is 0 Å². The molecule has 0 radical (unpaired) electrons. The van der Waals surface area contributed by atoms with Gasteiger partial charge in [-0.1, -0.05) is 12.1 Å². The molecule has 1 aliphatic heterocycles. The Bertz CT molecular complexity index is 672. The fourth-order valence-electron chi connectivity index (χ4n) is 2.42. The Labute approximate surface area is 133 Å². The van der Waals surface area contributed by atoms with Crippen molar-refractivity contribution in [2.24, 2.45) is 0 Å². The summed E-state index contributed by atoms with van der Waals surface area (Å²) in [4.78, 5) is 11.8. The third kappa shape index (κ3) is 4.01. The second-order valence-corrected chi connectivity index (χ2v) is 5.26. The molecule has 1 saturated heterocycles. The molecule has 120 valence electrons. The van der Waals surface area contributed by atoms with Gasteiger partial charge in [-0.3, -0.25) is 4.79 Å². The highest BCUT2D eigenvalue weighted by molar-refractivity contribution is 5.90. The van der Waals surface area contributed by atoms with Crippen molar-refractivity contribution in [3.8, 4) is 5.75 Å². The van der Waals surface area contributed by atoms with E-state index < -0.39 is 11.7 Å². The topological polar surface area (TPSA) is 76.1 Å². The largest absolute Gasteiger partial charge is 0.481 e. The minimum Gasteiger partial charge on any atom is -0.481 e. The number of carbonyl (C=O) groups excluding carboxylic acids is 1. The lowest BCUT2D eigenvalue weighted by atomic mass is 10.1. The van der Waals surface area contributed by atoms with Gasteiger partial charge in [-0.25, -0.2) is 4.39 Å². The van der Waals surface area contributed by atoms with Crippen molar-refractivity contribution in [2.45, 2.75) is 18.9 Å². The second kappa shape index (κ2) is 7.15. The van der Waals surface area contributed by atoms with E-state index in [1.807, 2.05) is 6.07 Å². The molecule has 1 atom stereocenters. The predicted octanol–water partition coefficient (Wildman–Crippen LogP) is 2.06. The van der Waals surface area contributed by atoms with Crippen LogP contribution in [0.15, 0.2) is 36.4 Å². The van der Waals surface area contributed by atoms with Gasteiger partial charge in [0.25, 0.3) is 5.91 Å². The molecule has 0 saturated carbocycles. The lowest BCUT2D eigenvalue weighted by Gasteiger charge is -2.10. The Hall–Kier alpha value is -2.54. The summed E-state index contributed by atoms with van der Waals surface area (Å²) in [5, 5.41) is 14.0. The number of anilines is 1. The molecule has 1 unspecified atom stereocenters. The van der Waals surface area contributed by atoms with Gasteiger partial charge in [-0.05, 0) is 43.7 Å². The maximum absolute atomic E-state index is 13.4. The van der Waals surface area contributed by atoms with Crippen LogP contribution in [0.4, 0.5) is 10.2 Å². The molecule has 1 aromatic heterocycles. The predicted molar refractivity (Wildman–Crippen MR) is 82.5 cm³/mol. The van der Waals surface area contributed by atoms with E-state index >= 15 is 0 Å². The maximum atomic E-state index is 13.4. The highest BCUT2D eigenvalue weighted by Gasteiger charge is 2.17. The molecule has 6 nitrogen and oxygen atoms in total. The molecular formula is C16H17FN4O2. The van der Waals surface area contributed by atoms with Crippen LogP contribution in [0.3, 0.4) is 0 Å². The Morgan fingerprint density at radius 1 is 1.30 bits per heavy atom. The van der Waals surface area contributed by atoms with Crippen molar-refractivity contribution in [3.05, 3.63) is 47.9 Å². The van der Waals surface area contributed by atoms with E-state index in [-0.39, 0.29) is 18.4 Å². The van der Waals surface area contributed by atoms with E-state index in [4.69, 9.17) is 4.74 Å². The van der Waals surface area contributed by atoms with Gasteiger partial charge in [0, 0.05) is 0 Å². The summed E-state index contributed by atoms with van der Waals surface area (Å²) in [7, 11) is 0. The highest BCUT2D eigenvalue weighted by Crippen LogP contribution is 2.21. The molecule has 23 heavy (non-hydrogen) atoms. The Balaban J connectivity index is 1.52. The third-order valence-corrected chi connectivity index (χ3v) is 3.57. The molecule has 0 aliphatic carbocycles. The Kier molecular flexibility index (Phi) is 4.77. The normalized spacial score (nSPS) is 17.0.